The lowest BCUT2D eigenvalue weighted by molar-refractivity contribution is 0.0963. The van der Waals surface area contributed by atoms with Crippen LogP contribution in [0.4, 0.5) is 14.5 Å². The highest BCUT2D eigenvalue weighted by Gasteiger charge is 2.15. The van der Waals surface area contributed by atoms with Crippen LogP contribution >= 0.6 is 0 Å². The minimum atomic E-state index is -3.99. The van der Waals surface area contributed by atoms with Gasteiger partial charge in [-0.2, -0.15) is 0 Å². The van der Waals surface area contributed by atoms with E-state index in [1.54, 1.807) is 0 Å². The van der Waals surface area contributed by atoms with Gasteiger partial charge in [0.1, 0.15) is 5.82 Å². The van der Waals surface area contributed by atoms with Gasteiger partial charge in [-0.25, -0.2) is 17.2 Å². The molecule has 0 aliphatic heterocycles. The summed E-state index contributed by atoms with van der Waals surface area (Å²) in [6.07, 6.45) is 0. The third-order valence-corrected chi connectivity index (χ3v) is 4.17. The number of hydrogen-bond donors (Lipinski definition) is 3. The Bertz CT molecular complexity index is 824. The molecule has 2 aromatic rings. The Morgan fingerprint density at radius 2 is 1.70 bits per heavy atom. The first kappa shape index (κ1) is 16.8. The number of hydrazine groups is 1. The Hall–Kier alpha value is -2.52. The molecular formula is C14H13F2N3O3S. The largest absolute Gasteiger partial charge is 0.355 e. The Balaban J connectivity index is 2.14. The molecule has 0 fully saturated rings. The van der Waals surface area contributed by atoms with Gasteiger partial charge >= 0.3 is 0 Å². The molecule has 0 aliphatic rings. The van der Waals surface area contributed by atoms with Gasteiger partial charge < -0.3 is 10.7 Å². The van der Waals surface area contributed by atoms with Crippen molar-refractivity contribution < 1.29 is 22.0 Å². The van der Waals surface area contributed by atoms with Crippen molar-refractivity contribution in [2.75, 3.05) is 12.5 Å². The SMILES string of the molecule is CNC(=O)c1ccc(S(=O)(=O)NNc2ccc(F)cc2F)cc1. The lowest BCUT2D eigenvalue weighted by atomic mass is 10.2. The number of hydrogen-bond acceptors (Lipinski definition) is 4. The normalized spacial score (nSPS) is 11.1. The van der Waals surface area contributed by atoms with E-state index >= 15 is 0 Å². The summed E-state index contributed by atoms with van der Waals surface area (Å²) < 4.78 is 50.3. The van der Waals surface area contributed by atoms with E-state index in [9.17, 15) is 22.0 Å². The van der Waals surface area contributed by atoms with Crippen LogP contribution in [0.1, 0.15) is 10.4 Å². The summed E-state index contributed by atoms with van der Waals surface area (Å²) in [5, 5.41) is 2.41. The molecule has 0 atom stereocenters. The van der Waals surface area contributed by atoms with Crippen LogP contribution in [0.5, 0.6) is 0 Å². The lowest BCUT2D eigenvalue weighted by Gasteiger charge is -2.10. The maximum absolute atomic E-state index is 13.4. The van der Waals surface area contributed by atoms with E-state index in [1.807, 2.05) is 4.83 Å². The fraction of sp³-hybridized carbons (Fsp3) is 0.0714. The van der Waals surface area contributed by atoms with Gasteiger partial charge in [0, 0.05) is 18.7 Å². The van der Waals surface area contributed by atoms with Crippen molar-refractivity contribution in [3.8, 4) is 0 Å². The molecule has 0 unspecified atom stereocenters. The highest BCUT2D eigenvalue weighted by Crippen LogP contribution is 2.15. The van der Waals surface area contributed by atoms with Crippen molar-refractivity contribution in [3.05, 3.63) is 59.7 Å². The molecule has 122 valence electrons. The van der Waals surface area contributed by atoms with Crippen molar-refractivity contribution in [1.82, 2.24) is 10.1 Å². The maximum atomic E-state index is 13.4. The number of carbonyl (C=O) groups is 1. The van der Waals surface area contributed by atoms with Crippen LogP contribution in [-0.2, 0) is 10.0 Å². The zero-order valence-electron chi connectivity index (χ0n) is 11.9. The smallest absolute Gasteiger partial charge is 0.257 e. The fourth-order valence-corrected chi connectivity index (χ4v) is 2.56. The lowest BCUT2D eigenvalue weighted by Crippen LogP contribution is -2.30. The molecule has 9 heteroatoms. The molecule has 6 nitrogen and oxygen atoms in total. The highest BCUT2D eigenvalue weighted by molar-refractivity contribution is 7.89. The number of amides is 1. The molecule has 0 saturated heterocycles. The van der Waals surface area contributed by atoms with Gasteiger partial charge in [0.05, 0.1) is 10.6 Å². The summed E-state index contributed by atoms with van der Waals surface area (Å²) in [5.74, 6) is -2.07. The minimum Gasteiger partial charge on any atom is -0.355 e. The third-order valence-electron chi connectivity index (χ3n) is 2.91. The molecule has 0 radical (unpaired) electrons. The first-order valence-corrected chi connectivity index (χ1v) is 7.87. The molecule has 3 N–H and O–H groups in total. The molecule has 0 bridgehead atoms. The van der Waals surface area contributed by atoms with Crippen LogP contribution in [0.25, 0.3) is 0 Å². The number of rotatable bonds is 5. The molecule has 1 amide bonds. The minimum absolute atomic E-state index is 0.125. The Labute approximate surface area is 131 Å². The summed E-state index contributed by atoms with van der Waals surface area (Å²) in [7, 11) is -2.53. The van der Waals surface area contributed by atoms with Crippen molar-refractivity contribution in [3.63, 3.8) is 0 Å². The first-order valence-electron chi connectivity index (χ1n) is 6.38. The van der Waals surface area contributed by atoms with Crippen LogP contribution in [0, 0.1) is 11.6 Å². The highest BCUT2D eigenvalue weighted by atomic mass is 32.2. The number of anilines is 1. The van der Waals surface area contributed by atoms with Gasteiger partial charge in [-0.15, -0.1) is 4.83 Å². The van der Waals surface area contributed by atoms with Crippen LogP contribution in [0.15, 0.2) is 47.4 Å². The van der Waals surface area contributed by atoms with E-state index < -0.39 is 21.7 Å². The molecule has 0 spiro atoms. The second-order valence-corrected chi connectivity index (χ2v) is 6.14. The van der Waals surface area contributed by atoms with Gasteiger partial charge in [-0.3, -0.25) is 4.79 Å². The van der Waals surface area contributed by atoms with Crippen molar-refractivity contribution in [2.24, 2.45) is 0 Å². The number of halogens is 2. The molecule has 0 aliphatic carbocycles. The van der Waals surface area contributed by atoms with Crippen molar-refractivity contribution >= 4 is 21.6 Å². The molecule has 0 heterocycles. The number of sulfonamides is 1. The van der Waals surface area contributed by atoms with Gasteiger partial charge in [-0.1, -0.05) is 0 Å². The average Bonchev–Trinajstić information content (AvgIpc) is 2.53. The van der Waals surface area contributed by atoms with E-state index in [0.29, 0.717) is 11.6 Å². The Morgan fingerprint density at radius 1 is 1.04 bits per heavy atom. The van der Waals surface area contributed by atoms with Crippen LogP contribution in [-0.4, -0.2) is 21.4 Å². The van der Waals surface area contributed by atoms with E-state index in [-0.39, 0.29) is 16.5 Å². The Kier molecular flexibility index (Phi) is 4.92. The predicted octanol–water partition coefficient (Wildman–Crippen LogP) is 1.63. The van der Waals surface area contributed by atoms with E-state index in [0.717, 1.165) is 12.1 Å². The number of nitrogens with one attached hydrogen (secondary N) is 3. The second-order valence-electron chi connectivity index (χ2n) is 4.46. The average molecular weight is 341 g/mol. The molecule has 0 saturated carbocycles. The molecule has 2 rings (SSSR count). The first-order chi connectivity index (χ1) is 10.8. The number of benzene rings is 2. The van der Waals surface area contributed by atoms with E-state index in [2.05, 4.69) is 10.7 Å². The molecule has 23 heavy (non-hydrogen) atoms. The van der Waals surface area contributed by atoms with Gasteiger partial charge in [0.15, 0.2) is 5.82 Å². The summed E-state index contributed by atoms with van der Waals surface area (Å²) >= 11 is 0. The zero-order chi connectivity index (χ0) is 17.0. The fourth-order valence-electron chi connectivity index (χ4n) is 1.70. The van der Waals surface area contributed by atoms with Crippen LogP contribution < -0.4 is 15.6 Å². The standard InChI is InChI=1S/C14H13F2N3O3S/c1-17-14(20)9-2-5-11(6-3-9)23(21,22)19-18-13-7-4-10(15)8-12(13)16/h2-8,18-19H,1H3,(H,17,20). The molecule has 2 aromatic carbocycles. The summed E-state index contributed by atoms with van der Waals surface area (Å²) in [6, 6.07) is 7.80. The summed E-state index contributed by atoms with van der Waals surface area (Å²) in [5.41, 5.74) is 2.24. The summed E-state index contributed by atoms with van der Waals surface area (Å²) in [4.78, 5) is 13.2. The van der Waals surface area contributed by atoms with E-state index in [4.69, 9.17) is 0 Å². The second kappa shape index (κ2) is 6.71. The van der Waals surface area contributed by atoms with E-state index in [1.165, 1.54) is 31.3 Å². The van der Waals surface area contributed by atoms with Crippen molar-refractivity contribution in [1.29, 1.82) is 0 Å². The molecule has 0 aromatic heterocycles. The zero-order valence-corrected chi connectivity index (χ0v) is 12.7. The topological polar surface area (TPSA) is 87.3 Å². The van der Waals surface area contributed by atoms with Gasteiger partial charge in [-0.05, 0) is 36.4 Å². The van der Waals surface area contributed by atoms with Gasteiger partial charge in [0.25, 0.3) is 15.9 Å². The maximum Gasteiger partial charge on any atom is 0.257 e. The predicted molar refractivity (Wildman–Crippen MR) is 80.1 cm³/mol. The van der Waals surface area contributed by atoms with Gasteiger partial charge in [0.2, 0.25) is 0 Å². The Morgan fingerprint density at radius 3 is 2.26 bits per heavy atom. The quantitative estimate of drug-likeness (QED) is 0.722. The van der Waals surface area contributed by atoms with Crippen molar-refractivity contribution in [2.45, 2.75) is 4.90 Å². The van der Waals surface area contributed by atoms with Crippen LogP contribution in [0.2, 0.25) is 0 Å². The summed E-state index contributed by atoms with van der Waals surface area (Å²) in [6.45, 7) is 0. The number of carbonyl (C=O) groups excluding carboxylic acids is 1. The molecular weight excluding hydrogens is 328 g/mol. The van der Waals surface area contributed by atoms with Crippen LogP contribution in [0.3, 0.4) is 0 Å². The monoisotopic (exact) mass is 341 g/mol. The third kappa shape index (κ3) is 4.02.